The number of carbonyl (C=O) groups is 1. The molecule has 1 atom stereocenters. The number of nitrogens with two attached hydrogens (primary N) is 1. The Kier molecular flexibility index (Phi) is 4.09. The van der Waals surface area contributed by atoms with Crippen LogP contribution in [0.2, 0.25) is 0 Å². The molecule has 0 saturated heterocycles. The van der Waals surface area contributed by atoms with E-state index in [2.05, 4.69) is 5.32 Å². The van der Waals surface area contributed by atoms with Gasteiger partial charge < -0.3 is 11.1 Å². The molecule has 0 fully saturated rings. The first-order valence-electron chi connectivity index (χ1n) is 6.31. The highest BCUT2D eigenvalue weighted by molar-refractivity contribution is 7.12. The maximum atomic E-state index is 13.6. The van der Waals surface area contributed by atoms with Gasteiger partial charge in [0.1, 0.15) is 5.82 Å². The van der Waals surface area contributed by atoms with E-state index >= 15 is 0 Å². The number of nitrogens with one attached hydrogen (secondary N) is 1. The van der Waals surface area contributed by atoms with Crippen molar-refractivity contribution < 1.29 is 9.18 Å². The van der Waals surface area contributed by atoms with Gasteiger partial charge in [-0.1, -0.05) is 0 Å². The van der Waals surface area contributed by atoms with E-state index in [1.165, 1.54) is 23.1 Å². The zero-order valence-electron chi connectivity index (χ0n) is 11.7. The third-order valence-corrected chi connectivity index (χ3v) is 4.11. The minimum Gasteiger partial charge on any atom is -0.399 e. The summed E-state index contributed by atoms with van der Waals surface area (Å²) in [6.07, 6.45) is 0. The summed E-state index contributed by atoms with van der Waals surface area (Å²) in [4.78, 5) is 14.5. The molecule has 5 heteroatoms. The van der Waals surface area contributed by atoms with Gasteiger partial charge in [0, 0.05) is 15.4 Å². The van der Waals surface area contributed by atoms with Gasteiger partial charge in [0.25, 0.3) is 5.91 Å². The van der Waals surface area contributed by atoms with Crippen molar-refractivity contribution in [2.24, 2.45) is 0 Å². The summed E-state index contributed by atoms with van der Waals surface area (Å²) in [5.74, 6) is -1.02. The number of anilines is 1. The highest BCUT2D eigenvalue weighted by atomic mass is 32.1. The van der Waals surface area contributed by atoms with Crippen LogP contribution in [0.15, 0.2) is 24.3 Å². The molecule has 1 aromatic carbocycles. The summed E-state index contributed by atoms with van der Waals surface area (Å²) in [6.45, 7) is 5.92. The normalized spacial score (nSPS) is 12.2. The minimum absolute atomic E-state index is 0.0264. The Hall–Kier alpha value is -1.88. The predicted octanol–water partition coefficient (Wildman–Crippen LogP) is 3.58. The fraction of sp³-hybridized carbons (Fsp3) is 0.267. The van der Waals surface area contributed by atoms with Gasteiger partial charge in [-0.05, 0) is 50.6 Å². The molecule has 0 saturated carbocycles. The lowest BCUT2D eigenvalue weighted by atomic mass is 10.1. The number of benzene rings is 1. The van der Waals surface area contributed by atoms with Crippen LogP contribution >= 0.6 is 11.3 Å². The molecule has 0 bridgehead atoms. The quantitative estimate of drug-likeness (QED) is 0.850. The number of rotatable bonds is 3. The van der Waals surface area contributed by atoms with Crippen molar-refractivity contribution in [3.8, 4) is 0 Å². The lowest BCUT2D eigenvalue weighted by molar-refractivity contribution is 0.0936. The second kappa shape index (κ2) is 5.63. The SMILES string of the molecule is Cc1cc(C(C)NC(=O)c2cc(N)ccc2F)c(C)s1. The Bertz CT molecular complexity index is 651. The van der Waals surface area contributed by atoms with Crippen LogP contribution in [0.3, 0.4) is 0 Å². The Morgan fingerprint density at radius 2 is 2.05 bits per heavy atom. The van der Waals surface area contributed by atoms with Crippen molar-refractivity contribution in [3.63, 3.8) is 0 Å². The number of carbonyl (C=O) groups excluding carboxylic acids is 1. The topological polar surface area (TPSA) is 55.1 Å². The van der Waals surface area contributed by atoms with Gasteiger partial charge in [-0.25, -0.2) is 4.39 Å². The highest BCUT2D eigenvalue weighted by Crippen LogP contribution is 2.26. The van der Waals surface area contributed by atoms with Crippen LogP contribution < -0.4 is 11.1 Å². The molecule has 20 heavy (non-hydrogen) atoms. The molecule has 3 N–H and O–H groups in total. The summed E-state index contributed by atoms with van der Waals surface area (Å²) in [5, 5.41) is 2.81. The first-order chi connectivity index (χ1) is 9.38. The zero-order valence-corrected chi connectivity index (χ0v) is 12.5. The average Bonchev–Trinajstić information content (AvgIpc) is 2.71. The van der Waals surface area contributed by atoms with Gasteiger partial charge in [0.05, 0.1) is 11.6 Å². The van der Waals surface area contributed by atoms with Gasteiger partial charge in [-0.2, -0.15) is 0 Å². The lowest BCUT2D eigenvalue weighted by Gasteiger charge is -2.14. The van der Waals surface area contributed by atoms with E-state index in [-0.39, 0.29) is 11.6 Å². The Morgan fingerprint density at radius 1 is 1.35 bits per heavy atom. The van der Waals surface area contributed by atoms with Crippen LogP contribution in [0.5, 0.6) is 0 Å². The molecular weight excluding hydrogens is 275 g/mol. The lowest BCUT2D eigenvalue weighted by Crippen LogP contribution is -2.27. The average molecular weight is 292 g/mol. The van der Waals surface area contributed by atoms with Crippen LogP contribution in [0.4, 0.5) is 10.1 Å². The first kappa shape index (κ1) is 14.5. The van der Waals surface area contributed by atoms with Crippen molar-refractivity contribution in [2.75, 3.05) is 5.73 Å². The number of nitrogen functional groups attached to an aromatic ring is 1. The molecular formula is C15H17FN2OS. The van der Waals surface area contributed by atoms with Gasteiger partial charge >= 0.3 is 0 Å². The van der Waals surface area contributed by atoms with Gasteiger partial charge in [0.15, 0.2) is 0 Å². The highest BCUT2D eigenvalue weighted by Gasteiger charge is 2.17. The molecule has 1 unspecified atom stereocenters. The minimum atomic E-state index is -0.567. The van der Waals surface area contributed by atoms with Crippen LogP contribution in [0.1, 0.15) is 38.6 Å². The second-order valence-corrected chi connectivity index (χ2v) is 6.26. The number of amides is 1. The third kappa shape index (κ3) is 2.99. The Labute approximate surface area is 121 Å². The predicted molar refractivity (Wildman–Crippen MR) is 80.5 cm³/mol. The maximum absolute atomic E-state index is 13.6. The molecule has 0 radical (unpaired) electrons. The summed E-state index contributed by atoms with van der Waals surface area (Å²) < 4.78 is 13.6. The van der Waals surface area contributed by atoms with E-state index in [9.17, 15) is 9.18 Å². The van der Waals surface area contributed by atoms with Crippen LogP contribution in [-0.2, 0) is 0 Å². The fourth-order valence-electron chi connectivity index (χ4n) is 2.15. The molecule has 0 spiro atoms. The van der Waals surface area contributed by atoms with Crippen LogP contribution in [0, 0.1) is 19.7 Å². The smallest absolute Gasteiger partial charge is 0.254 e. The van der Waals surface area contributed by atoms with E-state index in [0.717, 1.165) is 10.4 Å². The van der Waals surface area contributed by atoms with Crippen molar-refractivity contribution in [1.29, 1.82) is 0 Å². The standard InChI is InChI=1S/C15H17FN2OS/c1-8-6-12(10(3)20-8)9(2)18-15(19)13-7-11(17)4-5-14(13)16/h4-7,9H,17H2,1-3H3,(H,18,19). The summed E-state index contributed by atoms with van der Waals surface area (Å²) in [6, 6.07) is 5.86. The summed E-state index contributed by atoms with van der Waals surface area (Å²) >= 11 is 1.68. The molecule has 0 aliphatic heterocycles. The second-order valence-electron chi connectivity index (χ2n) is 4.80. The zero-order chi connectivity index (χ0) is 14.9. The first-order valence-corrected chi connectivity index (χ1v) is 7.13. The largest absolute Gasteiger partial charge is 0.399 e. The van der Waals surface area contributed by atoms with E-state index < -0.39 is 11.7 Å². The van der Waals surface area contributed by atoms with Crippen LogP contribution in [-0.4, -0.2) is 5.91 Å². The number of thiophene rings is 1. The molecule has 3 nitrogen and oxygen atoms in total. The number of aryl methyl sites for hydroxylation is 2. The van der Waals surface area contributed by atoms with E-state index in [4.69, 9.17) is 5.73 Å². The molecule has 1 aromatic heterocycles. The monoisotopic (exact) mass is 292 g/mol. The van der Waals surface area contributed by atoms with Crippen LogP contribution in [0.25, 0.3) is 0 Å². The van der Waals surface area contributed by atoms with Gasteiger partial charge in [-0.15, -0.1) is 11.3 Å². The molecule has 2 rings (SSSR count). The number of hydrogen-bond acceptors (Lipinski definition) is 3. The molecule has 106 valence electrons. The molecule has 0 aliphatic carbocycles. The number of halogens is 1. The number of hydrogen-bond donors (Lipinski definition) is 2. The van der Waals surface area contributed by atoms with Gasteiger partial charge in [-0.3, -0.25) is 4.79 Å². The summed E-state index contributed by atoms with van der Waals surface area (Å²) in [7, 11) is 0. The molecule has 0 aliphatic rings. The van der Waals surface area contributed by atoms with Crippen molar-refractivity contribution in [3.05, 3.63) is 51.0 Å². The van der Waals surface area contributed by atoms with Crippen molar-refractivity contribution in [2.45, 2.75) is 26.8 Å². The van der Waals surface area contributed by atoms with Gasteiger partial charge in [0.2, 0.25) is 0 Å². The Balaban J connectivity index is 2.19. The Morgan fingerprint density at radius 3 is 2.65 bits per heavy atom. The van der Waals surface area contributed by atoms with Crippen molar-refractivity contribution >= 4 is 22.9 Å². The fourth-order valence-corrected chi connectivity index (χ4v) is 3.17. The molecule has 1 heterocycles. The van der Waals surface area contributed by atoms with Crippen molar-refractivity contribution in [1.82, 2.24) is 5.32 Å². The maximum Gasteiger partial charge on any atom is 0.254 e. The molecule has 1 amide bonds. The van der Waals surface area contributed by atoms with E-state index in [1.54, 1.807) is 11.3 Å². The third-order valence-electron chi connectivity index (χ3n) is 3.13. The van der Waals surface area contributed by atoms with E-state index in [0.29, 0.717) is 5.69 Å². The molecule has 2 aromatic rings. The summed E-state index contributed by atoms with van der Waals surface area (Å²) in [5.41, 5.74) is 6.99. The van der Waals surface area contributed by atoms with E-state index in [1.807, 2.05) is 26.8 Å².